The molecule has 0 radical (unpaired) electrons. The van der Waals surface area contributed by atoms with Gasteiger partial charge in [0.25, 0.3) is 0 Å². The number of ether oxygens (including phenoxy) is 1. The van der Waals surface area contributed by atoms with E-state index in [2.05, 4.69) is 16.7 Å². The number of amides is 1. The Labute approximate surface area is 249 Å². The van der Waals surface area contributed by atoms with Gasteiger partial charge in [0.1, 0.15) is 11.4 Å². The number of benzene rings is 1. The second kappa shape index (κ2) is 11.1. The highest BCUT2D eigenvalue weighted by atomic mass is 19.1. The number of allylic oxidation sites excluding steroid dienone is 4. The highest BCUT2D eigenvalue weighted by Gasteiger charge is 2.39. The second-order valence-electron chi connectivity index (χ2n) is 13.9. The van der Waals surface area contributed by atoms with E-state index in [1.165, 1.54) is 6.92 Å². The Kier molecular flexibility index (Phi) is 7.96. The highest BCUT2D eigenvalue weighted by Crippen LogP contribution is 2.43. The normalized spacial score (nSPS) is 28.0. The monoisotopic (exact) mass is 579 g/mol. The predicted molar refractivity (Wildman–Crippen MR) is 165 cm³/mol. The van der Waals surface area contributed by atoms with Crippen LogP contribution in [0, 0.1) is 5.92 Å². The van der Waals surface area contributed by atoms with Crippen molar-refractivity contribution in [2.45, 2.75) is 116 Å². The zero-order valence-electron chi connectivity index (χ0n) is 26.1. The molecule has 3 N–H and O–H groups in total. The fourth-order valence-electron chi connectivity index (χ4n) is 6.51. The molecule has 1 aliphatic heterocycles. The Morgan fingerprint density at radius 3 is 2.40 bits per heavy atom. The molecule has 1 amide bonds. The summed E-state index contributed by atoms with van der Waals surface area (Å²) in [5, 5.41) is 17.6. The Morgan fingerprint density at radius 1 is 1.14 bits per heavy atom. The molecular formula is C34H46FN3O4. The molecule has 1 heterocycles. The largest absolute Gasteiger partial charge is 0.509 e. The quantitative estimate of drug-likeness (QED) is 0.328. The maximum absolute atomic E-state index is 15.2. The first-order valence-corrected chi connectivity index (χ1v) is 15.4. The number of aliphatic hydroxyl groups is 1. The number of ketones is 1. The molecule has 4 aliphatic rings. The molecule has 0 aromatic heterocycles. The number of carbonyl (C=O) groups excluding carboxylic acids is 2. The number of carbonyl (C=O) groups is 2. The summed E-state index contributed by atoms with van der Waals surface area (Å²) in [5.74, 6) is 0.0593. The summed E-state index contributed by atoms with van der Waals surface area (Å²) in [7, 11) is 1.81. The van der Waals surface area contributed by atoms with Crippen molar-refractivity contribution in [3.8, 4) is 0 Å². The van der Waals surface area contributed by atoms with E-state index in [1.807, 2.05) is 53.0 Å². The molecule has 8 heteroatoms. The third-order valence-electron chi connectivity index (χ3n) is 9.00. The van der Waals surface area contributed by atoms with Crippen LogP contribution < -0.4 is 10.6 Å². The van der Waals surface area contributed by atoms with Crippen LogP contribution in [0.2, 0.25) is 0 Å². The summed E-state index contributed by atoms with van der Waals surface area (Å²) in [6, 6.07) is 6.16. The first kappa shape index (κ1) is 30.2. The summed E-state index contributed by atoms with van der Waals surface area (Å²) in [4.78, 5) is 28.0. The van der Waals surface area contributed by atoms with E-state index in [0.717, 1.165) is 72.2 Å². The topological polar surface area (TPSA) is 90.9 Å². The van der Waals surface area contributed by atoms with Crippen molar-refractivity contribution >= 4 is 28.8 Å². The minimum absolute atomic E-state index is 0.0769. The molecule has 2 unspecified atom stereocenters. The number of nitrogens with one attached hydrogen (secondary N) is 2. The number of alkyl halides is 1. The van der Waals surface area contributed by atoms with Gasteiger partial charge in [-0.2, -0.15) is 0 Å². The van der Waals surface area contributed by atoms with Crippen LogP contribution in [0.3, 0.4) is 0 Å². The standard InChI is InChI=1S/C34H46FN3O4/c1-19-16-23(18-34(6,35)31(19)40)22-10-15-27-26(17-22)29(28(20(2)36-27)30(39)21-8-9-21)37-24-11-13-25(14-12-24)38(7)32(41)42-33(3,4)5/h10,15-17,20-21,24-25,36-37,40H,8-9,11-14,18H2,1-7H3. The lowest BCUT2D eigenvalue weighted by molar-refractivity contribution is -0.116. The van der Waals surface area contributed by atoms with Crippen LogP contribution in [0.1, 0.15) is 97.6 Å². The fourth-order valence-corrected chi connectivity index (χ4v) is 6.51. The van der Waals surface area contributed by atoms with E-state index < -0.39 is 11.3 Å². The lowest BCUT2D eigenvalue weighted by atomic mass is 9.82. The number of hydrogen-bond donors (Lipinski definition) is 3. The number of fused-ring (bicyclic) bond motifs is 1. The van der Waals surface area contributed by atoms with Gasteiger partial charge in [-0.15, -0.1) is 0 Å². The minimum Gasteiger partial charge on any atom is -0.509 e. The van der Waals surface area contributed by atoms with E-state index in [9.17, 15) is 14.7 Å². The SMILES string of the molecule is CC1=C(O)C(C)(F)CC(c2ccc3c(c2)C(NC2CCC(N(C)C(=O)OC(C)(C)C)CC2)=C(C(=O)C2CC2)C(C)N3)=C1. The number of nitrogens with zero attached hydrogens (tertiary/aromatic N) is 1. The summed E-state index contributed by atoms with van der Waals surface area (Å²) in [5.41, 5.74) is 3.37. The molecule has 0 bridgehead atoms. The summed E-state index contributed by atoms with van der Waals surface area (Å²) >= 11 is 0. The van der Waals surface area contributed by atoms with Gasteiger partial charge in [-0.1, -0.05) is 12.1 Å². The van der Waals surface area contributed by atoms with Gasteiger partial charge in [-0.25, -0.2) is 9.18 Å². The molecule has 228 valence electrons. The average Bonchev–Trinajstić information content (AvgIpc) is 3.76. The number of rotatable bonds is 6. The van der Waals surface area contributed by atoms with Gasteiger partial charge in [-0.3, -0.25) is 4.79 Å². The number of anilines is 1. The van der Waals surface area contributed by atoms with E-state index >= 15 is 4.39 Å². The Morgan fingerprint density at radius 2 is 1.81 bits per heavy atom. The lowest BCUT2D eigenvalue weighted by Crippen LogP contribution is -2.45. The highest BCUT2D eigenvalue weighted by molar-refractivity contribution is 6.08. The smallest absolute Gasteiger partial charge is 0.410 e. The van der Waals surface area contributed by atoms with Crippen molar-refractivity contribution in [1.29, 1.82) is 0 Å². The summed E-state index contributed by atoms with van der Waals surface area (Å²) in [6.45, 7) is 10.8. The second-order valence-corrected chi connectivity index (χ2v) is 13.9. The van der Waals surface area contributed by atoms with Gasteiger partial charge in [0, 0.05) is 48.3 Å². The zero-order valence-corrected chi connectivity index (χ0v) is 26.1. The number of Topliss-reactive ketones (excluding diaryl/α,β-unsaturated/α-hetero) is 1. The summed E-state index contributed by atoms with van der Waals surface area (Å²) < 4.78 is 20.8. The van der Waals surface area contributed by atoms with Crippen LogP contribution in [-0.2, 0) is 9.53 Å². The third kappa shape index (κ3) is 6.23. The molecule has 3 aliphatic carbocycles. The van der Waals surface area contributed by atoms with Gasteiger partial charge >= 0.3 is 6.09 Å². The number of hydrogen-bond acceptors (Lipinski definition) is 6. The van der Waals surface area contributed by atoms with Crippen molar-refractivity contribution in [3.05, 3.63) is 52.3 Å². The van der Waals surface area contributed by atoms with Crippen molar-refractivity contribution in [3.63, 3.8) is 0 Å². The summed E-state index contributed by atoms with van der Waals surface area (Å²) in [6.07, 6.45) is 6.88. The van der Waals surface area contributed by atoms with Crippen molar-refractivity contribution in [2.75, 3.05) is 12.4 Å². The van der Waals surface area contributed by atoms with E-state index in [4.69, 9.17) is 4.74 Å². The van der Waals surface area contributed by atoms with Gasteiger partial charge in [0.05, 0.1) is 11.7 Å². The minimum atomic E-state index is -1.83. The number of aliphatic hydroxyl groups excluding tert-OH is 1. The fraction of sp³-hybridized carbons (Fsp3) is 0.588. The van der Waals surface area contributed by atoms with Gasteiger partial charge < -0.3 is 25.4 Å². The maximum Gasteiger partial charge on any atom is 0.410 e. The molecule has 2 fully saturated rings. The maximum atomic E-state index is 15.2. The van der Waals surface area contributed by atoms with Gasteiger partial charge in [0.15, 0.2) is 11.5 Å². The van der Waals surface area contributed by atoms with E-state index in [0.29, 0.717) is 5.57 Å². The molecule has 7 nitrogen and oxygen atoms in total. The Bertz CT molecular complexity index is 1360. The molecule has 2 atom stereocenters. The Balaban J connectivity index is 1.42. The van der Waals surface area contributed by atoms with Crippen LogP contribution in [0.4, 0.5) is 14.9 Å². The van der Waals surface area contributed by atoms with Crippen molar-refractivity contribution in [1.82, 2.24) is 10.2 Å². The molecule has 42 heavy (non-hydrogen) atoms. The van der Waals surface area contributed by atoms with Crippen LogP contribution in [0.25, 0.3) is 11.3 Å². The van der Waals surface area contributed by atoms with Crippen molar-refractivity contribution in [2.24, 2.45) is 5.92 Å². The predicted octanol–water partition coefficient (Wildman–Crippen LogP) is 7.31. The van der Waals surface area contributed by atoms with Crippen LogP contribution in [-0.4, -0.2) is 58.3 Å². The van der Waals surface area contributed by atoms with Crippen LogP contribution in [0.15, 0.2) is 41.2 Å². The van der Waals surface area contributed by atoms with E-state index in [-0.39, 0.29) is 48.1 Å². The van der Waals surface area contributed by atoms with Gasteiger partial charge in [-0.05, 0) is 109 Å². The number of halogens is 1. The molecule has 1 aromatic carbocycles. The van der Waals surface area contributed by atoms with Gasteiger partial charge in [0.2, 0.25) is 0 Å². The average molecular weight is 580 g/mol. The molecule has 5 rings (SSSR count). The third-order valence-corrected chi connectivity index (χ3v) is 9.00. The van der Waals surface area contributed by atoms with E-state index in [1.54, 1.807) is 11.8 Å². The first-order chi connectivity index (χ1) is 19.6. The van der Waals surface area contributed by atoms with Crippen LogP contribution in [0.5, 0.6) is 0 Å². The molecule has 2 saturated carbocycles. The van der Waals surface area contributed by atoms with Crippen LogP contribution >= 0.6 is 0 Å². The van der Waals surface area contributed by atoms with Crippen molar-refractivity contribution < 1.29 is 23.8 Å². The molecular weight excluding hydrogens is 533 g/mol. The molecule has 0 saturated heterocycles. The molecule has 0 spiro atoms. The zero-order chi connectivity index (χ0) is 30.6. The lowest BCUT2D eigenvalue weighted by Gasteiger charge is -2.38. The first-order valence-electron chi connectivity index (χ1n) is 15.4. The Hall–Kier alpha value is -3.29. The molecule has 1 aromatic rings.